The number of rotatable bonds is 5. The molecule has 1 unspecified atom stereocenters. The zero-order chi connectivity index (χ0) is 16.3. The molecule has 1 atom stereocenters. The smallest absolute Gasteiger partial charge is 0.207 e. The molecule has 22 heavy (non-hydrogen) atoms. The van der Waals surface area contributed by atoms with Gasteiger partial charge in [0.15, 0.2) is 0 Å². The van der Waals surface area contributed by atoms with E-state index in [-0.39, 0.29) is 6.04 Å². The number of nitrogens with one attached hydrogen (secondary N) is 1. The first-order valence-corrected chi connectivity index (χ1v) is 8.97. The van der Waals surface area contributed by atoms with Gasteiger partial charge in [-0.15, -0.1) is 0 Å². The second kappa shape index (κ2) is 6.63. The van der Waals surface area contributed by atoms with Crippen LogP contribution in [0.5, 0.6) is 0 Å². The van der Waals surface area contributed by atoms with Gasteiger partial charge in [0.25, 0.3) is 0 Å². The lowest BCUT2D eigenvalue weighted by atomic mass is 10.00. The summed E-state index contributed by atoms with van der Waals surface area (Å²) in [6.07, 6.45) is 0. The number of sulfonamides is 1. The lowest BCUT2D eigenvalue weighted by Gasteiger charge is -2.16. The third-order valence-corrected chi connectivity index (χ3v) is 5.32. The molecule has 2 aromatic carbocycles. The van der Waals surface area contributed by atoms with Crippen molar-refractivity contribution < 1.29 is 8.42 Å². The maximum atomic E-state index is 12.4. The standard InChI is InChI=1S/C18H23NO2S/c1-13(2)16-7-9-17(10-8-16)15(4)19-22(20,21)18-11-5-14(3)6-12-18/h5-13,15,19H,1-4H3. The summed E-state index contributed by atoms with van der Waals surface area (Å²) in [7, 11) is -3.50. The van der Waals surface area contributed by atoms with Crippen LogP contribution in [0.1, 0.15) is 49.4 Å². The summed E-state index contributed by atoms with van der Waals surface area (Å²) in [6.45, 7) is 8.07. The molecule has 4 heteroatoms. The number of aryl methyl sites for hydroxylation is 1. The fourth-order valence-electron chi connectivity index (χ4n) is 2.26. The highest BCUT2D eigenvalue weighted by Gasteiger charge is 2.18. The zero-order valence-electron chi connectivity index (χ0n) is 13.5. The Balaban J connectivity index is 2.16. The van der Waals surface area contributed by atoms with E-state index in [0.29, 0.717) is 10.8 Å². The molecule has 0 fully saturated rings. The van der Waals surface area contributed by atoms with Gasteiger partial charge in [0.1, 0.15) is 0 Å². The van der Waals surface area contributed by atoms with Gasteiger partial charge in [0, 0.05) is 6.04 Å². The lowest BCUT2D eigenvalue weighted by molar-refractivity contribution is 0.567. The van der Waals surface area contributed by atoms with Crippen molar-refractivity contribution in [3.8, 4) is 0 Å². The van der Waals surface area contributed by atoms with Crippen LogP contribution < -0.4 is 4.72 Å². The second-order valence-electron chi connectivity index (χ2n) is 5.98. The van der Waals surface area contributed by atoms with Crippen LogP contribution in [-0.4, -0.2) is 8.42 Å². The summed E-state index contributed by atoms with van der Waals surface area (Å²) >= 11 is 0. The van der Waals surface area contributed by atoms with E-state index in [1.54, 1.807) is 24.3 Å². The zero-order valence-corrected chi connectivity index (χ0v) is 14.3. The van der Waals surface area contributed by atoms with E-state index < -0.39 is 10.0 Å². The Morgan fingerprint density at radius 3 is 1.82 bits per heavy atom. The predicted molar refractivity (Wildman–Crippen MR) is 90.4 cm³/mol. The number of hydrogen-bond acceptors (Lipinski definition) is 2. The minimum absolute atomic E-state index is 0.271. The topological polar surface area (TPSA) is 46.2 Å². The first-order valence-electron chi connectivity index (χ1n) is 7.48. The Morgan fingerprint density at radius 2 is 1.32 bits per heavy atom. The van der Waals surface area contributed by atoms with E-state index >= 15 is 0 Å². The maximum Gasteiger partial charge on any atom is 0.241 e. The predicted octanol–water partition coefficient (Wildman–Crippen LogP) is 4.16. The summed E-state index contributed by atoms with van der Waals surface area (Å²) in [5.74, 6) is 0.466. The molecule has 2 rings (SSSR count). The van der Waals surface area contributed by atoms with Gasteiger partial charge in [-0.25, -0.2) is 13.1 Å². The SMILES string of the molecule is Cc1ccc(S(=O)(=O)NC(C)c2ccc(C(C)C)cc2)cc1. The van der Waals surface area contributed by atoms with Crippen molar-refractivity contribution in [3.63, 3.8) is 0 Å². The Bertz CT molecular complexity index is 717. The molecule has 0 bridgehead atoms. The number of hydrogen-bond donors (Lipinski definition) is 1. The van der Waals surface area contributed by atoms with Gasteiger partial charge in [0.2, 0.25) is 10.0 Å². The van der Waals surface area contributed by atoms with Crippen LogP contribution in [0.15, 0.2) is 53.4 Å². The van der Waals surface area contributed by atoms with E-state index in [1.807, 2.05) is 26.0 Å². The van der Waals surface area contributed by atoms with Crippen molar-refractivity contribution in [2.24, 2.45) is 0 Å². The summed E-state index contributed by atoms with van der Waals surface area (Å²) < 4.78 is 27.5. The van der Waals surface area contributed by atoms with Gasteiger partial charge in [-0.2, -0.15) is 0 Å². The third-order valence-electron chi connectivity index (χ3n) is 3.77. The van der Waals surface area contributed by atoms with Crippen LogP contribution in [0.25, 0.3) is 0 Å². The van der Waals surface area contributed by atoms with Crippen LogP contribution >= 0.6 is 0 Å². The first-order chi connectivity index (χ1) is 10.3. The van der Waals surface area contributed by atoms with Gasteiger partial charge in [0.05, 0.1) is 4.90 Å². The molecular formula is C18H23NO2S. The molecule has 0 heterocycles. The fourth-order valence-corrected chi connectivity index (χ4v) is 3.49. The van der Waals surface area contributed by atoms with Crippen LogP contribution in [0.2, 0.25) is 0 Å². The molecular weight excluding hydrogens is 294 g/mol. The van der Waals surface area contributed by atoms with Crippen molar-refractivity contribution in [1.29, 1.82) is 0 Å². The van der Waals surface area contributed by atoms with E-state index in [4.69, 9.17) is 0 Å². The van der Waals surface area contributed by atoms with Crippen LogP contribution in [0.3, 0.4) is 0 Å². The van der Waals surface area contributed by atoms with Gasteiger partial charge < -0.3 is 0 Å². The molecule has 0 saturated heterocycles. The molecule has 118 valence electrons. The van der Waals surface area contributed by atoms with Crippen molar-refractivity contribution in [2.75, 3.05) is 0 Å². The minimum atomic E-state index is -3.50. The van der Waals surface area contributed by atoms with E-state index in [2.05, 4.69) is 30.7 Å². The van der Waals surface area contributed by atoms with E-state index in [1.165, 1.54) is 5.56 Å². The molecule has 0 aliphatic heterocycles. The molecule has 0 radical (unpaired) electrons. The van der Waals surface area contributed by atoms with E-state index in [9.17, 15) is 8.42 Å². The first kappa shape index (κ1) is 16.7. The number of benzene rings is 2. The monoisotopic (exact) mass is 317 g/mol. The maximum absolute atomic E-state index is 12.4. The normalized spacial score (nSPS) is 13.3. The molecule has 0 spiro atoms. The molecule has 0 aliphatic rings. The summed E-state index contributed by atoms with van der Waals surface area (Å²) in [5, 5.41) is 0. The Morgan fingerprint density at radius 1 is 0.818 bits per heavy atom. The lowest BCUT2D eigenvalue weighted by Crippen LogP contribution is -2.26. The van der Waals surface area contributed by atoms with Crippen molar-refractivity contribution >= 4 is 10.0 Å². The van der Waals surface area contributed by atoms with Crippen LogP contribution in [-0.2, 0) is 10.0 Å². The Hall–Kier alpha value is -1.65. The molecule has 1 N–H and O–H groups in total. The summed E-state index contributed by atoms with van der Waals surface area (Å²) in [4.78, 5) is 0.295. The van der Waals surface area contributed by atoms with Crippen molar-refractivity contribution in [3.05, 3.63) is 65.2 Å². The fraction of sp³-hybridized carbons (Fsp3) is 0.333. The molecule has 0 saturated carbocycles. The molecule has 3 nitrogen and oxygen atoms in total. The quantitative estimate of drug-likeness (QED) is 0.900. The average molecular weight is 317 g/mol. The minimum Gasteiger partial charge on any atom is -0.207 e. The highest BCUT2D eigenvalue weighted by atomic mass is 32.2. The van der Waals surface area contributed by atoms with Crippen LogP contribution in [0.4, 0.5) is 0 Å². The van der Waals surface area contributed by atoms with Gasteiger partial charge in [-0.1, -0.05) is 55.8 Å². The van der Waals surface area contributed by atoms with Crippen molar-refractivity contribution in [1.82, 2.24) is 4.72 Å². The van der Waals surface area contributed by atoms with Gasteiger partial charge >= 0.3 is 0 Å². The highest BCUT2D eigenvalue weighted by molar-refractivity contribution is 7.89. The average Bonchev–Trinajstić information content (AvgIpc) is 2.47. The largest absolute Gasteiger partial charge is 0.241 e. The summed E-state index contributed by atoms with van der Waals surface area (Å²) in [6, 6.07) is 14.7. The summed E-state index contributed by atoms with van der Waals surface area (Å²) in [5.41, 5.74) is 3.24. The second-order valence-corrected chi connectivity index (χ2v) is 7.69. The molecule has 0 aliphatic carbocycles. The highest BCUT2D eigenvalue weighted by Crippen LogP contribution is 2.20. The third kappa shape index (κ3) is 3.96. The Kier molecular flexibility index (Phi) is 5.04. The molecule has 0 aromatic heterocycles. The van der Waals surface area contributed by atoms with Gasteiger partial charge in [-0.05, 0) is 43.0 Å². The molecule has 2 aromatic rings. The molecule has 0 amide bonds. The van der Waals surface area contributed by atoms with Gasteiger partial charge in [-0.3, -0.25) is 0 Å². The van der Waals surface area contributed by atoms with Crippen LogP contribution in [0, 0.1) is 6.92 Å². The van der Waals surface area contributed by atoms with E-state index in [0.717, 1.165) is 11.1 Å². The van der Waals surface area contributed by atoms with Crippen molar-refractivity contribution in [2.45, 2.75) is 44.6 Å². The Labute approximate surface area is 133 Å².